The summed E-state index contributed by atoms with van der Waals surface area (Å²) >= 11 is 0. The van der Waals surface area contributed by atoms with Gasteiger partial charge in [-0.15, -0.1) is 0 Å². The zero-order valence-electron chi connectivity index (χ0n) is 9.95. The highest BCUT2D eigenvalue weighted by Crippen LogP contribution is 2.21. The molecule has 6 heteroatoms. The first-order chi connectivity index (χ1) is 9.05. The number of aromatic nitrogens is 2. The lowest BCUT2D eigenvalue weighted by atomic mass is 10.2. The first-order valence-corrected chi connectivity index (χ1v) is 5.28. The van der Waals surface area contributed by atoms with Crippen molar-refractivity contribution in [2.75, 3.05) is 0 Å². The molecule has 0 atom stereocenters. The van der Waals surface area contributed by atoms with Crippen molar-refractivity contribution in [3.63, 3.8) is 0 Å². The number of benzene rings is 1. The molecular weight excluding hydrogens is 244 g/mol. The Kier molecular flexibility index (Phi) is 3.01. The molecule has 6 nitrogen and oxygen atoms in total. The van der Waals surface area contributed by atoms with E-state index in [1.807, 2.05) is 6.07 Å². The fourth-order valence-electron chi connectivity index (χ4n) is 1.70. The number of carboxylic acids is 1. The van der Waals surface area contributed by atoms with Crippen LogP contribution in [0.2, 0.25) is 0 Å². The molecule has 92 valence electrons. The second-order valence-electron chi connectivity index (χ2n) is 3.85. The molecule has 1 aromatic carbocycles. The summed E-state index contributed by atoms with van der Waals surface area (Å²) in [6.07, 6.45) is 0. The third-order valence-electron chi connectivity index (χ3n) is 2.46. The molecule has 0 amide bonds. The molecule has 1 heterocycles. The predicted octanol–water partition coefficient (Wildman–Crippen LogP) is 2.30. The van der Waals surface area contributed by atoms with Crippen molar-refractivity contribution in [2.24, 2.45) is 0 Å². The second-order valence-corrected chi connectivity index (χ2v) is 3.85. The van der Waals surface area contributed by atoms with Gasteiger partial charge in [0.1, 0.15) is 0 Å². The molecule has 0 spiro atoms. The van der Waals surface area contributed by atoms with E-state index in [1.165, 1.54) is 28.9 Å². The maximum atomic E-state index is 11.1. The number of carboxylic acid groups (broad SMARTS) is 1. The van der Waals surface area contributed by atoms with Crippen molar-refractivity contribution >= 4 is 11.7 Å². The van der Waals surface area contributed by atoms with Gasteiger partial charge in [-0.3, -0.25) is 0 Å². The standard InChI is InChI=1S/C13H8N4O2/c1-8-3-12(13(18)19)17(16-8)11-5-9(7-14)4-10(6-11)15-2/h3-6H,1H3,(H,18,19). The molecule has 0 bridgehead atoms. The minimum absolute atomic E-state index is 0.0106. The van der Waals surface area contributed by atoms with E-state index < -0.39 is 5.97 Å². The molecule has 2 aromatic rings. The van der Waals surface area contributed by atoms with Crippen LogP contribution >= 0.6 is 0 Å². The number of rotatable bonds is 2. The van der Waals surface area contributed by atoms with E-state index in [0.29, 0.717) is 11.4 Å². The first-order valence-electron chi connectivity index (χ1n) is 5.28. The molecule has 0 saturated heterocycles. The largest absolute Gasteiger partial charge is 0.477 e. The van der Waals surface area contributed by atoms with Gasteiger partial charge in [-0.1, -0.05) is 0 Å². The molecule has 0 radical (unpaired) electrons. The summed E-state index contributed by atoms with van der Waals surface area (Å²) in [7, 11) is 0. The Morgan fingerprint density at radius 2 is 2.21 bits per heavy atom. The summed E-state index contributed by atoms with van der Waals surface area (Å²) in [4.78, 5) is 14.4. The molecular formula is C13H8N4O2. The highest BCUT2D eigenvalue weighted by atomic mass is 16.4. The summed E-state index contributed by atoms with van der Waals surface area (Å²) in [5.41, 5.74) is 1.47. The molecule has 0 aliphatic rings. The summed E-state index contributed by atoms with van der Waals surface area (Å²) in [6, 6.07) is 7.79. The zero-order chi connectivity index (χ0) is 14.0. The molecule has 0 unspecified atom stereocenters. The lowest BCUT2D eigenvalue weighted by Gasteiger charge is -2.05. The minimum atomic E-state index is -1.12. The van der Waals surface area contributed by atoms with Crippen LogP contribution < -0.4 is 0 Å². The molecule has 0 aliphatic carbocycles. The van der Waals surface area contributed by atoms with E-state index in [1.54, 1.807) is 6.92 Å². The Labute approximate surface area is 109 Å². The molecule has 1 aromatic heterocycles. The quantitative estimate of drug-likeness (QED) is 0.831. The minimum Gasteiger partial charge on any atom is -0.477 e. The first kappa shape index (κ1) is 12.3. The Bertz CT molecular complexity index is 715. The predicted molar refractivity (Wildman–Crippen MR) is 66.2 cm³/mol. The van der Waals surface area contributed by atoms with E-state index >= 15 is 0 Å². The number of nitriles is 1. The highest BCUT2D eigenvalue weighted by molar-refractivity contribution is 5.86. The SMILES string of the molecule is [C-]#[N+]c1cc(C#N)cc(-n2nc(C)cc2C(=O)O)c1. The maximum absolute atomic E-state index is 11.1. The number of carbonyl (C=O) groups is 1. The van der Waals surface area contributed by atoms with Crippen molar-refractivity contribution in [2.45, 2.75) is 6.92 Å². The average Bonchev–Trinajstić information content (AvgIpc) is 2.80. The summed E-state index contributed by atoms with van der Waals surface area (Å²) < 4.78 is 1.22. The molecule has 19 heavy (non-hydrogen) atoms. The van der Waals surface area contributed by atoms with Gasteiger partial charge in [0.05, 0.1) is 24.0 Å². The van der Waals surface area contributed by atoms with Gasteiger partial charge in [0.25, 0.3) is 0 Å². The van der Waals surface area contributed by atoms with E-state index in [2.05, 4.69) is 9.94 Å². The van der Waals surface area contributed by atoms with Gasteiger partial charge in [-0.25, -0.2) is 14.3 Å². The molecule has 0 aliphatic heterocycles. The number of aromatic carboxylic acids is 1. The van der Waals surface area contributed by atoms with Crippen LogP contribution in [0.25, 0.3) is 10.5 Å². The lowest BCUT2D eigenvalue weighted by molar-refractivity contribution is 0.0687. The van der Waals surface area contributed by atoms with Crippen LogP contribution in [0.3, 0.4) is 0 Å². The zero-order valence-corrected chi connectivity index (χ0v) is 9.95. The van der Waals surface area contributed by atoms with E-state index in [-0.39, 0.29) is 16.9 Å². The summed E-state index contributed by atoms with van der Waals surface area (Å²) in [5, 5.41) is 22.1. The molecule has 0 fully saturated rings. The van der Waals surface area contributed by atoms with Gasteiger partial charge in [-0.05, 0) is 31.2 Å². The van der Waals surface area contributed by atoms with Crippen molar-refractivity contribution < 1.29 is 9.90 Å². The van der Waals surface area contributed by atoms with Gasteiger partial charge in [0, 0.05) is 5.56 Å². The number of nitrogens with zero attached hydrogens (tertiary/aromatic N) is 4. The topological polar surface area (TPSA) is 83.3 Å². The van der Waals surface area contributed by atoms with E-state index in [9.17, 15) is 4.79 Å². The van der Waals surface area contributed by atoms with Crippen LogP contribution in [0.15, 0.2) is 24.3 Å². The summed E-state index contributed by atoms with van der Waals surface area (Å²) in [5.74, 6) is -1.12. The van der Waals surface area contributed by atoms with Crippen LogP contribution in [0.1, 0.15) is 21.7 Å². The Morgan fingerprint density at radius 3 is 2.79 bits per heavy atom. The van der Waals surface area contributed by atoms with Crippen molar-refractivity contribution in [1.29, 1.82) is 5.26 Å². The van der Waals surface area contributed by atoms with Crippen molar-refractivity contribution in [3.05, 3.63) is 52.6 Å². The monoisotopic (exact) mass is 252 g/mol. The highest BCUT2D eigenvalue weighted by Gasteiger charge is 2.15. The van der Waals surface area contributed by atoms with Crippen LogP contribution in [-0.2, 0) is 0 Å². The molecule has 2 rings (SSSR count). The molecule has 0 saturated carbocycles. The van der Waals surface area contributed by atoms with Gasteiger partial charge < -0.3 is 5.11 Å². The van der Waals surface area contributed by atoms with Gasteiger partial charge in [-0.2, -0.15) is 10.4 Å². The van der Waals surface area contributed by atoms with Crippen LogP contribution in [0.4, 0.5) is 5.69 Å². The van der Waals surface area contributed by atoms with Crippen molar-refractivity contribution in [1.82, 2.24) is 9.78 Å². The fraction of sp³-hybridized carbons (Fsp3) is 0.0769. The fourth-order valence-corrected chi connectivity index (χ4v) is 1.70. The third kappa shape index (κ3) is 2.28. The van der Waals surface area contributed by atoms with Gasteiger partial charge in [0.15, 0.2) is 11.4 Å². The van der Waals surface area contributed by atoms with E-state index in [4.69, 9.17) is 16.9 Å². The number of hydrogen-bond acceptors (Lipinski definition) is 3. The smallest absolute Gasteiger partial charge is 0.354 e. The van der Waals surface area contributed by atoms with Gasteiger partial charge in [0.2, 0.25) is 0 Å². The number of hydrogen-bond donors (Lipinski definition) is 1. The summed E-state index contributed by atoms with van der Waals surface area (Å²) in [6.45, 7) is 8.66. The Morgan fingerprint density at radius 1 is 1.47 bits per heavy atom. The van der Waals surface area contributed by atoms with Crippen LogP contribution in [0, 0.1) is 24.8 Å². The maximum Gasteiger partial charge on any atom is 0.354 e. The van der Waals surface area contributed by atoms with Gasteiger partial charge >= 0.3 is 5.97 Å². The Balaban J connectivity index is 2.69. The molecule has 1 N–H and O–H groups in total. The third-order valence-corrected chi connectivity index (χ3v) is 2.46. The normalized spacial score (nSPS) is 9.63. The van der Waals surface area contributed by atoms with Crippen LogP contribution in [0.5, 0.6) is 0 Å². The van der Waals surface area contributed by atoms with Crippen molar-refractivity contribution in [3.8, 4) is 11.8 Å². The number of aryl methyl sites for hydroxylation is 1. The second kappa shape index (κ2) is 4.63. The Hall–Kier alpha value is -3.12. The lowest BCUT2D eigenvalue weighted by Crippen LogP contribution is -2.08. The van der Waals surface area contributed by atoms with Crippen LogP contribution in [-0.4, -0.2) is 20.9 Å². The van der Waals surface area contributed by atoms with E-state index in [0.717, 1.165) is 0 Å². The average molecular weight is 252 g/mol.